The molecule has 4 rings (SSSR count). The van der Waals surface area contributed by atoms with E-state index in [-0.39, 0.29) is 5.82 Å². The van der Waals surface area contributed by atoms with Gasteiger partial charge < -0.3 is 14.5 Å². The van der Waals surface area contributed by atoms with E-state index >= 15 is 0 Å². The predicted molar refractivity (Wildman–Crippen MR) is 108 cm³/mol. The number of thioether (sulfide) groups is 1. The lowest BCUT2D eigenvalue weighted by Gasteiger charge is -2.04. The molecule has 0 saturated carbocycles. The maximum Gasteiger partial charge on any atom is 0.226 e. The summed E-state index contributed by atoms with van der Waals surface area (Å²) in [4.78, 5) is 4.44. The van der Waals surface area contributed by atoms with E-state index in [1.807, 2.05) is 24.3 Å². The van der Waals surface area contributed by atoms with Crippen molar-refractivity contribution in [3.05, 3.63) is 66.3 Å². The first-order valence-electron chi connectivity index (χ1n) is 8.27. The minimum atomic E-state index is -0.291. The van der Waals surface area contributed by atoms with Gasteiger partial charge in [-0.2, -0.15) is 0 Å². The van der Waals surface area contributed by atoms with Crippen molar-refractivity contribution in [2.24, 2.45) is 0 Å². The van der Waals surface area contributed by atoms with E-state index in [2.05, 4.69) is 20.5 Å². The Kier molecular flexibility index (Phi) is 5.54. The van der Waals surface area contributed by atoms with Crippen molar-refractivity contribution in [3.63, 3.8) is 0 Å². The Balaban J connectivity index is 1.36. The molecule has 2 aromatic heterocycles. The minimum absolute atomic E-state index is 0.291. The molecule has 0 saturated heterocycles. The molecule has 4 aromatic rings. The quantitative estimate of drug-likeness (QED) is 0.407. The lowest BCUT2D eigenvalue weighted by molar-refractivity contribution is 0.415. The van der Waals surface area contributed by atoms with Gasteiger partial charge in [-0.3, -0.25) is 0 Å². The van der Waals surface area contributed by atoms with Crippen LogP contribution in [0.15, 0.2) is 63.6 Å². The highest BCUT2D eigenvalue weighted by atomic mass is 32.2. The molecule has 0 aliphatic rings. The lowest BCUT2D eigenvalue weighted by Crippen LogP contribution is -1.90. The van der Waals surface area contributed by atoms with Crippen molar-refractivity contribution < 1.29 is 13.5 Å². The number of ether oxygens (including phenoxy) is 1. The average Bonchev–Trinajstić information content (AvgIpc) is 3.37. The SMILES string of the molecule is COc1cccc(Nc2nnc(SCc3coc(-c4ccc(F)cc4)n3)s2)c1. The summed E-state index contributed by atoms with van der Waals surface area (Å²) in [6, 6.07) is 13.6. The number of benzene rings is 2. The van der Waals surface area contributed by atoms with Crippen LogP contribution in [-0.4, -0.2) is 22.3 Å². The Morgan fingerprint density at radius 2 is 2.04 bits per heavy atom. The number of oxazole rings is 1. The van der Waals surface area contributed by atoms with Crippen LogP contribution >= 0.6 is 23.1 Å². The average molecular weight is 414 g/mol. The maximum absolute atomic E-state index is 13.0. The van der Waals surface area contributed by atoms with E-state index < -0.39 is 0 Å². The van der Waals surface area contributed by atoms with Crippen LogP contribution < -0.4 is 10.1 Å². The number of hydrogen-bond acceptors (Lipinski definition) is 8. The zero-order valence-electron chi connectivity index (χ0n) is 14.8. The Labute approximate surface area is 168 Å². The topological polar surface area (TPSA) is 73.1 Å². The second kappa shape index (κ2) is 8.41. The molecule has 0 aliphatic heterocycles. The number of halogens is 1. The third kappa shape index (κ3) is 4.49. The second-order valence-electron chi connectivity index (χ2n) is 5.67. The summed E-state index contributed by atoms with van der Waals surface area (Å²) in [5.74, 6) is 1.54. The summed E-state index contributed by atoms with van der Waals surface area (Å²) in [5.41, 5.74) is 2.40. The van der Waals surface area contributed by atoms with Gasteiger partial charge in [0.15, 0.2) is 4.34 Å². The van der Waals surface area contributed by atoms with Gasteiger partial charge in [-0.15, -0.1) is 10.2 Å². The maximum atomic E-state index is 13.0. The summed E-state index contributed by atoms with van der Waals surface area (Å²) < 4.78 is 24.5. The molecule has 0 unspecified atom stereocenters. The third-order valence-electron chi connectivity index (χ3n) is 3.71. The van der Waals surface area contributed by atoms with Crippen molar-refractivity contribution in [2.75, 3.05) is 12.4 Å². The van der Waals surface area contributed by atoms with Gasteiger partial charge in [0.25, 0.3) is 0 Å². The smallest absolute Gasteiger partial charge is 0.226 e. The molecular weight excluding hydrogens is 399 g/mol. The highest BCUT2D eigenvalue weighted by Gasteiger charge is 2.10. The number of methoxy groups -OCH3 is 1. The molecule has 6 nitrogen and oxygen atoms in total. The fourth-order valence-corrected chi connectivity index (χ4v) is 4.03. The van der Waals surface area contributed by atoms with E-state index in [1.54, 1.807) is 25.5 Å². The van der Waals surface area contributed by atoms with Crippen molar-refractivity contribution in [2.45, 2.75) is 10.1 Å². The normalized spacial score (nSPS) is 10.8. The predicted octanol–water partition coefficient (Wildman–Crippen LogP) is 5.38. The molecule has 0 fully saturated rings. The van der Waals surface area contributed by atoms with Gasteiger partial charge in [0.05, 0.1) is 12.8 Å². The van der Waals surface area contributed by atoms with Crippen molar-refractivity contribution in [1.29, 1.82) is 0 Å². The number of nitrogens with one attached hydrogen (secondary N) is 1. The molecule has 0 bridgehead atoms. The van der Waals surface area contributed by atoms with E-state index in [1.165, 1.54) is 35.2 Å². The Morgan fingerprint density at radius 1 is 1.18 bits per heavy atom. The lowest BCUT2D eigenvalue weighted by atomic mass is 10.2. The van der Waals surface area contributed by atoms with E-state index in [0.29, 0.717) is 16.8 Å². The number of nitrogens with zero attached hydrogens (tertiary/aromatic N) is 3. The van der Waals surface area contributed by atoms with Crippen LogP contribution in [-0.2, 0) is 5.75 Å². The molecule has 0 amide bonds. The Bertz CT molecular complexity index is 1070. The number of rotatable bonds is 7. The zero-order chi connectivity index (χ0) is 19.3. The molecule has 0 radical (unpaired) electrons. The Hall–Kier alpha value is -2.91. The molecule has 1 N–H and O–H groups in total. The van der Waals surface area contributed by atoms with Crippen LogP contribution in [0, 0.1) is 5.82 Å². The van der Waals surface area contributed by atoms with Crippen molar-refractivity contribution >= 4 is 33.9 Å². The molecule has 28 heavy (non-hydrogen) atoms. The van der Waals surface area contributed by atoms with Gasteiger partial charge in [0.2, 0.25) is 11.0 Å². The highest BCUT2D eigenvalue weighted by molar-refractivity contribution is 8.00. The van der Waals surface area contributed by atoms with Crippen molar-refractivity contribution in [1.82, 2.24) is 15.2 Å². The molecule has 2 aromatic carbocycles. The number of aromatic nitrogens is 3. The van der Waals surface area contributed by atoms with E-state index in [0.717, 1.165) is 27.0 Å². The van der Waals surface area contributed by atoms with Crippen LogP contribution in [0.4, 0.5) is 15.2 Å². The summed E-state index contributed by atoms with van der Waals surface area (Å²) in [7, 11) is 1.63. The Morgan fingerprint density at radius 3 is 2.86 bits per heavy atom. The first-order valence-corrected chi connectivity index (χ1v) is 10.1. The molecule has 0 spiro atoms. The van der Waals surface area contributed by atoms with Gasteiger partial charge in [-0.25, -0.2) is 9.37 Å². The summed E-state index contributed by atoms with van der Waals surface area (Å²) in [6.45, 7) is 0. The first-order chi connectivity index (χ1) is 13.7. The molecular formula is C19H15FN4O2S2. The molecule has 142 valence electrons. The molecule has 2 heterocycles. The van der Waals surface area contributed by atoms with Crippen LogP contribution in [0.5, 0.6) is 5.75 Å². The van der Waals surface area contributed by atoms with E-state index in [9.17, 15) is 4.39 Å². The number of anilines is 2. The largest absolute Gasteiger partial charge is 0.497 e. The summed E-state index contributed by atoms with van der Waals surface area (Å²) >= 11 is 2.98. The number of hydrogen-bond donors (Lipinski definition) is 1. The fraction of sp³-hybridized carbons (Fsp3) is 0.105. The monoisotopic (exact) mass is 414 g/mol. The van der Waals surface area contributed by atoms with Gasteiger partial charge in [0, 0.05) is 23.1 Å². The van der Waals surface area contributed by atoms with Gasteiger partial charge >= 0.3 is 0 Å². The van der Waals surface area contributed by atoms with Gasteiger partial charge in [-0.1, -0.05) is 29.2 Å². The van der Waals surface area contributed by atoms with Crippen molar-refractivity contribution in [3.8, 4) is 17.2 Å². The van der Waals surface area contributed by atoms with Gasteiger partial charge in [0.1, 0.15) is 17.8 Å². The summed E-state index contributed by atoms with van der Waals surface area (Å²) in [6.07, 6.45) is 1.60. The standard InChI is InChI=1S/C19H15FN4O2S2/c1-25-16-4-2-3-14(9-16)22-18-23-24-19(28-18)27-11-15-10-26-17(21-15)12-5-7-13(20)8-6-12/h2-10H,11H2,1H3,(H,22,23). The second-order valence-corrected chi connectivity index (χ2v) is 7.87. The van der Waals surface area contributed by atoms with Crippen LogP contribution in [0.2, 0.25) is 0 Å². The highest BCUT2D eigenvalue weighted by Crippen LogP contribution is 2.31. The van der Waals surface area contributed by atoms with Crippen LogP contribution in [0.3, 0.4) is 0 Å². The molecule has 0 atom stereocenters. The molecule has 0 aliphatic carbocycles. The van der Waals surface area contributed by atoms with Crippen LogP contribution in [0.25, 0.3) is 11.5 Å². The summed E-state index contributed by atoms with van der Waals surface area (Å²) in [5, 5.41) is 12.3. The zero-order valence-corrected chi connectivity index (χ0v) is 16.4. The minimum Gasteiger partial charge on any atom is -0.497 e. The fourth-order valence-electron chi connectivity index (χ4n) is 2.38. The third-order valence-corrected chi connectivity index (χ3v) is 5.72. The molecule has 9 heteroatoms. The van der Waals surface area contributed by atoms with Crippen LogP contribution in [0.1, 0.15) is 5.69 Å². The van der Waals surface area contributed by atoms with Gasteiger partial charge in [-0.05, 0) is 36.4 Å². The van der Waals surface area contributed by atoms with E-state index in [4.69, 9.17) is 9.15 Å². The first kappa shape index (κ1) is 18.5.